The van der Waals surface area contributed by atoms with Gasteiger partial charge in [-0.05, 0) is 43.5 Å². The van der Waals surface area contributed by atoms with Gasteiger partial charge in [0.15, 0.2) is 0 Å². The number of para-hydroxylation sites is 1. The minimum absolute atomic E-state index is 0.0714. The van der Waals surface area contributed by atoms with Crippen LogP contribution in [0.5, 0.6) is 0 Å². The zero-order chi connectivity index (χ0) is 21.1. The summed E-state index contributed by atoms with van der Waals surface area (Å²) in [5.41, 5.74) is 2.76. The third-order valence-electron chi connectivity index (χ3n) is 5.56. The van der Waals surface area contributed by atoms with Gasteiger partial charge in [0.05, 0.1) is 11.2 Å². The molecule has 2 heterocycles. The number of amides is 2. The monoisotopic (exact) mass is 408 g/mol. The van der Waals surface area contributed by atoms with Gasteiger partial charge < -0.3 is 10.2 Å². The number of nitrogens with zero attached hydrogens (tertiary/aromatic N) is 3. The van der Waals surface area contributed by atoms with Crippen molar-refractivity contribution in [3.05, 3.63) is 65.6 Å². The molecular formula is C23H25FN4O2. The lowest BCUT2D eigenvalue weighted by molar-refractivity contribution is -0.135. The number of carbonyl (C=O) groups excluding carboxylic acids is 2. The molecule has 3 aromatic rings. The Morgan fingerprint density at radius 1 is 1.23 bits per heavy atom. The van der Waals surface area contributed by atoms with Crippen LogP contribution in [0.25, 0.3) is 10.9 Å². The van der Waals surface area contributed by atoms with Crippen LogP contribution in [-0.4, -0.2) is 39.1 Å². The molecule has 1 aliphatic heterocycles. The van der Waals surface area contributed by atoms with Crippen LogP contribution in [-0.2, 0) is 22.7 Å². The van der Waals surface area contributed by atoms with Crippen molar-refractivity contribution in [2.24, 2.45) is 0 Å². The topological polar surface area (TPSA) is 67.2 Å². The minimum Gasteiger partial charge on any atom is -0.354 e. The molecular weight excluding hydrogens is 383 g/mol. The van der Waals surface area contributed by atoms with Crippen LogP contribution < -0.4 is 5.32 Å². The molecule has 0 aliphatic carbocycles. The molecule has 1 unspecified atom stereocenters. The van der Waals surface area contributed by atoms with Crippen molar-refractivity contribution in [2.45, 2.75) is 45.3 Å². The van der Waals surface area contributed by atoms with E-state index in [-0.39, 0.29) is 24.2 Å². The summed E-state index contributed by atoms with van der Waals surface area (Å²) in [6, 6.07) is 13.7. The summed E-state index contributed by atoms with van der Waals surface area (Å²) in [5.74, 6) is -0.571. The van der Waals surface area contributed by atoms with Crippen LogP contribution in [0, 0.1) is 12.7 Å². The Morgan fingerprint density at radius 3 is 2.90 bits per heavy atom. The summed E-state index contributed by atoms with van der Waals surface area (Å²) < 4.78 is 15.4. The van der Waals surface area contributed by atoms with Gasteiger partial charge in [0.1, 0.15) is 11.9 Å². The Kier molecular flexibility index (Phi) is 5.79. The summed E-state index contributed by atoms with van der Waals surface area (Å²) in [6.07, 6.45) is 1.57. The Labute approximate surface area is 174 Å². The smallest absolute Gasteiger partial charge is 0.242 e. The van der Waals surface area contributed by atoms with Crippen molar-refractivity contribution in [3.63, 3.8) is 0 Å². The van der Waals surface area contributed by atoms with E-state index in [9.17, 15) is 14.0 Å². The van der Waals surface area contributed by atoms with Crippen LogP contribution in [0.4, 0.5) is 4.39 Å². The standard InChI is InChI=1S/C23H25FN4O2/c1-16-19-8-2-3-9-20(19)28(26-16)13-5-12-25-23(30)21-10-11-22(29)27(21)15-17-6-4-7-18(24)14-17/h2-4,6-9,14,21H,5,10-13,15H2,1H3,(H,25,30). The molecule has 2 aromatic carbocycles. The Bertz CT molecular complexity index is 1080. The average molecular weight is 408 g/mol. The van der Waals surface area contributed by atoms with Crippen molar-refractivity contribution in [2.75, 3.05) is 6.54 Å². The fraction of sp³-hybridized carbons (Fsp3) is 0.348. The number of carbonyl (C=O) groups is 2. The second kappa shape index (κ2) is 8.65. The van der Waals surface area contributed by atoms with E-state index in [1.165, 1.54) is 12.1 Å². The molecule has 1 N–H and O–H groups in total. The van der Waals surface area contributed by atoms with Crippen LogP contribution in [0.1, 0.15) is 30.5 Å². The van der Waals surface area contributed by atoms with Gasteiger partial charge in [0.2, 0.25) is 11.8 Å². The fourth-order valence-corrected chi connectivity index (χ4v) is 4.06. The number of aryl methyl sites for hydroxylation is 2. The van der Waals surface area contributed by atoms with Crippen LogP contribution in [0.3, 0.4) is 0 Å². The summed E-state index contributed by atoms with van der Waals surface area (Å²) >= 11 is 0. The predicted octanol–water partition coefficient (Wildman–Crippen LogP) is 3.18. The Balaban J connectivity index is 1.32. The molecule has 0 saturated carbocycles. The number of likely N-dealkylation sites (tertiary alicyclic amines) is 1. The van der Waals surface area contributed by atoms with Gasteiger partial charge in [-0.3, -0.25) is 14.3 Å². The van der Waals surface area contributed by atoms with E-state index in [1.54, 1.807) is 17.0 Å². The summed E-state index contributed by atoms with van der Waals surface area (Å²) in [5, 5.41) is 8.67. The maximum absolute atomic E-state index is 13.4. The molecule has 156 valence electrons. The SMILES string of the molecule is Cc1nn(CCCNC(=O)C2CCC(=O)N2Cc2cccc(F)c2)c2ccccc12. The summed E-state index contributed by atoms with van der Waals surface area (Å²) in [6.45, 7) is 3.44. The van der Waals surface area contributed by atoms with Crippen molar-refractivity contribution in [1.82, 2.24) is 20.0 Å². The van der Waals surface area contributed by atoms with E-state index < -0.39 is 6.04 Å². The molecule has 1 aliphatic rings. The molecule has 1 fully saturated rings. The maximum atomic E-state index is 13.4. The Hall–Kier alpha value is -3.22. The second-order valence-electron chi connectivity index (χ2n) is 7.68. The second-order valence-corrected chi connectivity index (χ2v) is 7.68. The predicted molar refractivity (Wildman–Crippen MR) is 112 cm³/mol. The van der Waals surface area contributed by atoms with Gasteiger partial charge in [0.25, 0.3) is 0 Å². The molecule has 7 heteroatoms. The van der Waals surface area contributed by atoms with E-state index in [0.29, 0.717) is 31.5 Å². The highest BCUT2D eigenvalue weighted by atomic mass is 19.1. The normalized spacial score (nSPS) is 16.4. The lowest BCUT2D eigenvalue weighted by atomic mass is 10.1. The first-order chi connectivity index (χ1) is 14.5. The lowest BCUT2D eigenvalue weighted by Crippen LogP contribution is -2.44. The lowest BCUT2D eigenvalue weighted by Gasteiger charge is -2.24. The average Bonchev–Trinajstić information content (AvgIpc) is 3.26. The summed E-state index contributed by atoms with van der Waals surface area (Å²) in [7, 11) is 0. The van der Waals surface area contributed by atoms with Gasteiger partial charge in [-0.1, -0.05) is 30.3 Å². The van der Waals surface area contributed by atoms with E-state index in [4.69, 9.17) is 0 Å². The molecule has 0 spiro atoms. The third-order valence-corrected chi connectivity index (χ3v) is 5.56. The van der Waals surface area contributed by atoms with Gasteiger partial charge in [0, 0.05) is 31.4 Å². The van der Waals surface area contributed by atoms with Gasteiger partial charge in [-0.25, -0.2) is 4.39 Å². The molecule has 1 atom stereocenters. The van der Waals surface area contributed by atoms with E-state index >= 15 is 0 Å². The van der Waals surface area contributed by atoms with Gasteiger partial charge >= 0.3 is 0 Å². The molecule has 2 amide bonds. The first kappa shape index (κ1) is 20.1. The zero-order valence-electron chi connectivity index (χ0n) is 17.0. The van der Waals surface area contributed by atoms with Crippen molar-refractivity contribution in [3.8, 4) is 0 Å². The number of halogens is 1. The fourth-order valence-electron chi connectivity index (χ4n) is 4.06. The van der Waals surface area contributed by atoms with Gasteiger partial charge in [-0.15, -0.1) is 0 Å². The van der Waals surface area contributed by atoms with E-state index in [2.05, 4.69) is 16.5 Å². The third kappa shape index (κ3) is 4.20. The molecule has 1 saturated heterocycles. The number of hydrogen-bond acceptors (Lipinski definition) is 3. The van der Waals surface area contributed by atoms with Crippen LogP contribution in [0.15, 0.2) is 48.5 Å². The Morgan fingerprint density at radius 2 is 2.07 bits per heavy atom. The highest BCUT2D eigenvalue weighted by Crippen LogP contribution is 2.22. The van der Waals surface area contributed by atoms with E-state index in [0.717, 1.165) is 23.0 Å². The van der Waals surface area contributed by atoms with Crippen molar-refractivity contribution in [1.29, 1.82) is 0 Å². The number of nitrogens with one attached hydrogen (secondary N) is 1. The molecule has 4 rings (SSSR count). The number of rotatable bonds is 7. The van der Waals surface area contributed by atoms with E-state index in [1.807, 2.05) is 29.8 Å². The molecule has 0 radical (unpaired) electrons. The van der Waals surface area contributed by atoms with Crippen molar-refractivity contribution < 1.29 is 14.0 Å². The summed E-state index contributed by atoms with van der Waals surface area (Å²) in [4.78, 5) is 26.5. The molecule has 30 heavy (non-hydrogen) atoms. The number of benzene rings is 2. The molecule has 0 bridgehead atoms. The maximum Gasteiger partial charge on any atom is 0.242 e. The van der Waals surface area contributed by atoms with Gasteiger partial charge in [-0.2, -0.15) is 5.10 Å². The first-order valence-corrected chi connectivity index (χ1v) is 10.3. The van der Waals surface area contributed by atoms with Crippen LogP contribution >= 0.6 is 0 Å². The van der Waals surface area contributed by atoms with Crippen molar-refractivity contribution >= 4 is 22.7 Å². The molecule has 6 nitrogen and oxygen atoms in total. The highest BCUT2D eigenvalue weighted by Gasteiger charge is 2.35. The number of hydrogen-bond donors (Lipinski definition) is 1. The zero-order valence-corrected chi connectivity index (χ0v) is 17.0. The molecule has 1 aromatic heterocycles. The quantitative estimate of drug-likeness (QED) is 0.611. The largest absolute Gasteiger partial charge is 0.354 e. The number of aromatic nitrogens is 2. The highest BCUT2D eigenvalue weighted by molar-refractivity contribution is 5.90. The first-order valence-electron chi connectivity index (χ1n) is 10.3. The number of fused-ring (bicyclic) bond motifs is 1. The van der Waals surface area contributed by atoms with Crippen LogP contribution in [0.2, 0.25) is 0 Å². The minimum atomic E-state index is -0.506.